The molecule has 8 nitrogen and oxygen atoms in total. The first-order valence-electron chi connectivity index (χ1n) is 8.35. The number of hydrogen-bond acceptors (Lipinski definition) is 6. The van der Waals surface area contributed by atoms with E-state index in [1.165, 1.54) is 0 Å². The Morgan fingerprint density at radius 1 is 1.29 bits per heavy atom. The van der Waals surface area contributed by atoms with Crippen molar-refractivity contribution in [3.8, 4) is 0 Å². The second kappa shape index (κ2) is 7.02. The monoisotopic (exact) mass is 332 g/mol. The molecule has 1 N–H and O–H groups in total. The van der Waals surface area contributed by atoms with Crippen LogP contribution in [0.25, 0.3) is 0 Å². The summed E-state index contributed by atoms with van der Waals surface area (Å²) in [7, 11) is 3.95. The van der Waals surface area contributed by atoms with Gasteiger partial charge in [-0.1, -0.05) is 0 Å². The van der Waals surface area contributed by atoms with Gasteiger partial charge in [0.1, 0.15) is 0 Å². The standard InChI is InChI=1S/C16H24N6O2/c1-20(2)13-9-14(19-18-11-13)21-5-7-22(8-6-21)16(24)12-3-4-15(23)17-10-12/h9,11-12H,3-8,10H2,1-2H3,(H,17,23). The zero-order valence-corrected chi connectivity index (χ0v) is 14.2. The fraction of sp³-hybridized carbons (Fsp3) is 0.625. The predicted octanol–water partition coefficient (Wildman–Crippen LogP) is -0.283. The van der Waals surface area contributed by atoms with Gasteiger partial charge < -0.3 is 20.0 Å². The summed E-state index contributed by atoms with van der Waals surface area (Å²) >= 11 is 0. The van der Waals surface area contributed by atoms with E-state index in [2.05, 4.69) is 20.4 Å². The number of carbonyl (C=O) groups excluding carboxylic acids is 2. The maximum Gasteiger partial charge on any atom is 0.227 e. The lowest BCUT2D eigenvalue weighted by Gasteiger charge is -2.37. The van der Waals surface area contributed by atoms with E-state index >= 15 is 0 Å². The summed E-state index contributed by atoms with van der Waals surface area (Å²) in [5.41, 5.74) is 1.01. The molecule has 8 heteroatoms. The third-order valence-corrected chi connectivity index (χ3v) is 4.67. The fourth-order valence-electron chi connectivity index (χ4n) is 3.10. The summed E-state index contributed by atoms with van der Waals surface area (Å²) in [5, 5.41) is 11.1. The largest absolute Gasteiger partial charge is 0.376 e. The highest BCUT2D eigenvalue weighted by atomic mass is 16.2. The second-order valence-electron chi connectivity index (χ2n) is 6.52. The number of anilines is 2. The molecule has 3 rings (SSSR count). The summed E-state index contributed by atoms with van der Waals surface area (Å²) < 4.78 is 0. The van der Waals surface area contributed by atoms with Crippen molar-refractivity contribution in [2.45, 2.75) is 12.8 Å². The van der Waals surface area contributed by atoms with Crippen LogP contribution in [0.15, 0.2) is 12.3 Å². The number of piperidine rings is 1. The van der Waals surface area contributed by atoms with Crippen LogP contribution in [0, 0.1) is 5.92 Å². The molecule has 3 heterocycles. The Labute approximate surface area is 141 Å². The number of aromatic nitrogens is 2. The van der Waals surface area contributed by atoms with Crippen molar-refractivity contribution in [3.63, 3.8) is 0 Å². The van der Waals surface area contributed by atoms with Crippen molar-refractivity contribution < 1.29 is 9.59 Å². The molecule has 0 saturated carbocycles. The first kappa shape index (κ1) is 16.5. The van der Waals surface area contributed by atoms with E-state index in [0.717, 1.165) is 24.6 Å². The highest BCUT2D eigenvalue weighted by Gasteiger charge is 2.30. The first-order chi connectivity index (χ1) is 11.5. The highest BCUT2D eigenvalue weighted by Crippen LogP contribution is 2.20. The van der Waals surface area contributed by atoms with Crippen LogP contribution in [0.2, 0.25) is 0 Å². The van der Waals surface area contributed by atoms with Gasteiger partial charge in [-0.3, -0.25) is 9.59 Å². The average Bonchev–Trinajstić information content (AvgIpc) is 2.62. The van der Waals surface area contributed by atoms with Gasteiger partial charge in [-0.2, -0.15) is 5.10 Å². The summed E-state index contributed by atoms with van der Waals surface area (Å²) in [6.45, 7) is 3.31. The minimum atomic E-state index is -0.0777. The van der Waals surface area contributed by atoms with E-state index in [4.69, 9.17) is 0 Å². The second-order valence-corrected chi connectivity index (χ2v) is 6.52. The summed E-state index contributed by atoms with van der Waals surface area (Å²) in [5.74, 6) is 0.968. The van der Waals surface area contributed by atoms with E-state index in [1.807, 2.05) is 30.0 Å². The third-order valence-electron chi connectivity index (χ3n) is 4.67. The molecule has 0 spiro atoms. The lowest BCUT2D eigenvalue weighted by Crippen LogP contribution is -2.52. The molecule has 1 aromatic rings. The Balaban J connectivity index is 1.56. The van der Waals surface area contributed by atoms with E-state index in [0.29, 0.717) is 32.5 Å². The molecule has 2 saturated heterocycles. The first-order valence-corrected chi connectivity index (χ1v) is 8.35. The highest BCUT2D eigenvalue weighted by molar-refractivity contribution is 5.84. The molecule has 130 valence electrons. The SMILES string of the molecule is CN(C)c1cnnc(N2CCN(C(=O)C3CCC(=O)NC3)CC2)c1. The van der Waals surface area contributed by atoms with E-state index < -0.39 is 0 Å². The zero-order valence-electron chi connectivity index (χ0n) is 14.2. The Bertz CT molecular complexity index is 602. The van der Waals surface area contributed by atoms with Crippen LogP contribution in [0.4, 0.5) is 11.5 Å². The minimum Gasteiger partial charge on any atom is -0.376 e. The zero-order chi connectivity index (χ0) is 17.1. The van der Waals surface area contributed by atoms with Crippen molar-refractivity contribution in [3.05, 3.63) is 12.3 Å². The topological polar surface area (TPSA) is 81.7 Å². The summed E-state index contributed by atoms with van der Waals surface area (Å²) in [6.07, 6.45) is 2.84. The number of piperazine rings is 1. The lowest BCUT2D eigenvalue weighted by molar-refractivity contribution is -0.137. The molecule has 0 radical (unpaired) electrons. The van der Waals surface area contributed by atoms with Gasteiger partial charge in [-0.05, 0) is 6.42 Å². The molecule has 0 aromatic carbocycles. The van der Waals surface area contributed by atoms with Gasteiger partial charge >= 0.3 is 0 Å². The Kier molecular flexibility index (Phi) is 4.82. The molecular formula is C16H24N6O2. The van der Waals surface area contributed by atoms with Crippen molar-refractivity contribution in [2.75, 3.05) is 56.6 Å². The number of hydrogen-bond donors (Lipinski definition) is 1. The van der Waals surface area contributed by atoms with E-state index in [9.17, 15) is 9.59 Å². The molecule has 1 unspecified atom stereocenters. The van der Waals surface area contributed by atoms with Gasteiger partial charge in [0.05, 0.1) is 17.8 Å². The molecule has 1 aromatic heterocycles. The van der Waals surface area contributed by atoms with Gasteiger partial charge in [0, 0.05) is 59.3 Å². The summed E-state index contributed by atoms with van der Waals surface area (Å²) in [4.78, 5) is 29.9. The number of carbonyl (C=O) groups is 2. The van der Waals surface area contributed by atoms with Crippen molar-refractivity contribution in [1.29, 1.82) is 0 Å². The van der Waals surface area contributed by atoms with Gasteiger partial charge in [0.15, 0.2) is 5.82 Å². The van der Waals surface area contributed by atoms with Crippen molar-refractivity contribution >= 4 is 23.3 Å². The van der Waals surface area contributed by atoms with Gasteiger partial charge in [0.2, 0.25) is 11.8 Å². The predicted molar refractivity (Wildman–Crippen MR) is 90.9 cm³/mol. The Hall–Kier alpha value is -2.38. The number of rotatable bonds is 3. The number of nitrogens with one attached hydrogen (secondary N) is 1. The maximum atomic E-state index is 12.6. The van der Waals surface area contributed by atoms with Crippen LogP contribution >= 0.6 is 0 Å². The Morgan fingerprint density at radius 3 is 2.67 bits per heavy atom. The van der Waals surface area contributed by atoms with Gasteiger partial charge in [0.25, 0.3) is 0 Å². The van der Waals surface area contributed by atoms with Gasteiger partial charge in [-0.15, -0.1) is 5.10 Å². The molecule has 0 bridgehead atoms. The van der Waals surface area contributed by atoms with Crippen LogP contribution in [0.1, 0.15) is 12.8 Å². The molecule has 2 fully saturated rings. The van der Waals surface area contributed by atoms with Crippen LogP contribution < -0.4 is 15.1 Å². The summed E-state index contributed by atoms with van der Waals surface area (Å²) in [6, 6.07) is 2.02. The molecule has 0 aliphatic carbocycles. The molecule has 2 amide bonds. The number of amides is 2. The quantitative estimate of drug-likeness (QED) is 0.820. The van der Waals surface area contributed by atoms with Crippen LogP contribution in [-0.2, 0) is 9.59 Å². The molecule has 2 aliphatic heterocycles. The van der Waals surface area contributed by atoms with Crippen LogP contribution in [-0.4, -0.2) is 73.7 Å². The van der Waals surface area contributed by atoms with Crippen LogP contribution in [0.5, 0.6) is 0 Å². The molecule has 2 aliphatic rings. The van der Waals surface area contributed by atoms with Crippen molar-refractivity contribution in [2.24, 2.45) is 5.92 Å². The average molecular weight is 332 g/mol. The van der Waals surface area contributed by atoms with E-state index in [1.54, 1.807) is 6.20 Å². The molecule has 1 atom stereocenters. The smallest absolute Gasteiger partial charge is 0.227 e. The number of nitrogens with zero attached hydrogens (tertiary/aromatic N) is 5. The molecule has 24 heavy (non-hydrogen) atoms. The van der Waals surface area contributed by atoms with E-state index in [-0.39, 0.29) is 17.7 Å². The Morgan fingerprint density at radius 2 is 2.04 bits per heavy atom. The lowest BCUT2D eigenvalue weighted by atomic mass is 9.97. The van der Waals surface area contributed by atoms with Gasteiger partial charge in [-0.25, -0.2) is 0 Å². The minimum absolute atomic E-state index is 0.0446. The van der Waals surface area contributed by atoms with Crippen molar-refractivity contribution in [1.82, 2.24) is 20.4 Å². The maximum absolute atomic E-state index is 12.6. The normalized spacial score (nSPS) is 21.4. The molecular weight excluding hydrogens is 308 g/mol. The third kappa shape index (κ3) is 3.58. The van der Waals surface area contributed by atoms with Crippen LogP contribution in [0.3, 0.4) is 0 Å². The fourth-order valence-corrected chi connectivity index (χ4v) is 3.10.